The van der Waals surface area contributed by atoms with E-state index in [-0.39, 0.29) is 12.5 Å². The van der Waals surface area contributed by atoms with E-state index in [4.69, 9.17) is 18.9 Å². The summed E-state index contributed by atoms with van der Waals surface area (Å²) in [5, 5.41) is 5.94. The number of carbonyl (C=O) groups is 3. The second kappa shape index (κ2) is 10.4. The average Bonchev–Trinajstić information content (AvgIpc) is 3.54. The lowest BCUT2D eigenvalue weighted by Crippen LogP contribution is -2.36. The number of carbonyl (C=O) groups excluding carboxylic acids is 3. The molecule has 0 saturated carbocycles. The highest BCUT2D eigenvalue weighted by Crippen LogP contribution is 2.34. The molecule has 0 saturated heterocycles. The Labute approximate surface area is 217 Å². The van der Waals surface area contributed by atoms with E-state index >= 15 is 0 Å². The van der Waals surface area contributed by atoms with Crippen LogP contribution in [-0.2, 0) is 9.59 Å². The SMILES string of the molecule is CCOc1ccc(NC(=O)c2cc3cccc(OC)c3n2NC(=O)C(=O)Nc2ccc3c(c2)OCO3)cc1. The third-order valence-electron chi connectivity index (χ3n) is 5.71. The summed E-state index contributed by atoms with van der Waals surface area (Å²) in [6.07, 6.45) is 0. The summed E-state index contributed by atoms with van der Waals surface area (Å²) in [5.41, 5.74) is 3.89. The molecule has 0 aliphatic carbocycles. The van der Waals surface area contributed by atoms with Crippen LogP contribution in [0.15, 0.2) is 66.7 Å². The van der Waals surface area contributed by atoms with Crippen LogP contribution in [0.4, 0.5) is 11.4 Å². The van der Waals surface area contributed by atoms with Crippen molar-refractivity contribution < 1.29 is 33.3 Å². The van der Waals surface area contributed by atoms with Crippen molar-refractivity contribution in [3.8, 4) is 23.0 Å². The molecule has 0 spiro atoms. The van der Waals surface area contributed by atoms with Crippen molar-refractivity contribution in [2.45, 2.75) is 6.92 Å². The lowest BCUT2D eigenvalue weighted by molar-refractivity contribution is -0.133. The Balaban J connectivity index is 1.41. The van der Waals surface area contributed by atoms with E-state index in [1.807, 2.05) is 6.92 Å². The molecule has 3 amide bonds. The van der Waals surface area contributed by atoms with E-state index in [2.05, 4.69) is 16.1 Å². The maximum absolute atomic E-state index is 13.3. The molecule has 2 heterocycles. The number of amides is 3. The predicted molar refractivity (Wildman–Crippen MR) is 140 cm³/mol. The molecule has 11 nitrogen and oxygen atoms in total. The Bertz CT molecular complexity index is 1530. The van der Waals surface area contributed by atoms with E-state index in [0.29, 0.717) is 51.9 Å². The summed E-state index contributed by atoms with van der Waals surface area (Å²) < 4.78 is 22.7. The first-order chi connectivity index (χ1) is 18.5. The lowest BCUT2D eigenvalue weighted by Gasteiger charge is -2.14. The van der Waals surface area contributed by atoms with Gasteiger partial charge < -0.3 is 29.6 Å². The molecule has 0 radical (unpaired) electrons. The Morgan fingerprint density at radius 1 is 0.895 bits per heavy atom. The molecule has 1 aromatic heterocycles. The summed E-state index contributed by atoms with van der Waals surface area (Å²) in [6.45, 7) is 2.49. The van der Waals surface area contributed by atoms with E-state index in [0.717, 1.165) is 0 Å². The highest BCUT2D eigenvalue weighted by molar-refractivity contribution is 6.42. The molecule has 0 fully saturated rings. The van der Waals surface area contributed by atoms with Gasteiger partial charge in [-0.15, -0.1) is 0 Å². The maximum atomic E-state index is 13.3. The van der Waals surface area contributed by atoms with Crippen LogP contribution in [0.3, 0.4) is 0 Å². The average molecular weight is 517 g/mol. The first kappa shape index (κ1) is 24.5. The molecule has 3 N–H and O–H groups in total. The van der Waals surface area contributed by atoms with Crippen LogP contribution >= 0.6 is 0 Å². The number of anilines is 2. The molecule has 194 valence electrons. The number of para-hydroxylation sites is 1. The monoisotopic (exact) mass is 516 g/mol. The van der Waals surface area contributed by atoms with Gasteiger partial charge in [-0.1, -0.05) is 12.1 Å². The number of benzene rings is 3. The Morgan fingerprint density at radius 2 is 1.66 bits per heavy atom. The zero-order chi connectivity index (χ0) is 26.6. The Hall–Kier alpha value is -5.19. The number of nitrogens with one attached hydrogen (secondary N) is 3. The number of fused-ring (bicyclic) bond motifs is 2. The van der Waals surface area contributed by atoms with E-state index in [1.54, 1.807) is 66.7 Å². The lowest BCUT2D eigenvalue weighted by atomic mass is 10.2. The van der Waals surface area contributed by atoms with Gasteiger partial charge in [-0.3, -0.25) is 19.8 Å². The third kappa shape index (κ3) is 4.89. The number of ether oxygens (including phenoxy) is 4. The molecule has 1 aliphatic heterocycles. The van der Waals surface area contributed by atoms with Gasteiger partial charge in [0.05, 0.1) is 13.7 Å². The van der Waals surface area contributed by atoms with E-state index < -0.39 is 17.7 Å². The molecule has 38 heavy (non-hydrogen) atoms. The van der Waals surface area contributed by atoms with Gasteiger partial charge in [-0.05, 0) is 55.5 Å². The first-order valence-corrected chi connectivity index (χ1v) is 11.7. The first-order valence-electron chi connectivity index (χ1n) is 11.7. The number of hydrogen-bond donors (Lipinski definition) is 3. The van der Waals surface area contributed by atoms with Crippen LogP contribution < -0.4 is 35.0 Å². The number of aromatic nitrogens is 1. The zero-order valence-corrected chi connectivity index (χ0v) is 20.6. The third-order valence-corrected chi connectivity index (χ3v) is 5.71. The van der Waals surface area contributed by atoms with Gasteiger partial charge in [-0.2, -0.15) is 0 Å². The molecular weight excluding hydrogens is 492 g/mol. The molecule has 5 rings (SSSR count). The summed E-state index contributed by atoms with van der Waals surface area (Å²) in [4.78, 5) is 39.0. The van der Waals surface area contributed by atoms with Gasteiger partial charge >= 0.3 is 11.8 Å². The standard InChI is InChI=1S/C27H24N4O7/c1-3-36-19-10-7-17(8-11-19)28-25(32)20-13-16-5-4-6-22(35-2)24(16)31(20)30-27(34)26(33)29-18-9-12-21-23(14-18)38-15-37-21/h4-14H,3,15H2,1-2H3,(H,28,32)(H,29,33)(H,30,34). The van der Waals surface area contributed by atoms with Crippen molar-refractivity contribution in [2.75, 3.05) is 36.6 Å². The summed E-state index contributed by atoms with van der Waals surface area (Å²) in [6, 6.07) is 18.4. The number of rotatable bonds is 7. The molecular formula is C27H24N4O7. The molecule has 4 aromatic rings. The Morgan fingerprint density at radius 3 is 2.42 bits per heavy atom. The van der Waals surface area contributed by atoms with Gasteiger partial charge in [0.1, 0.15) is 22.7 Å². The van der Waals surface area contributed by atoms with Gasteiger partial charge in [0.15, 0.2) is 11.5 Å². The minimum Gasteiger partial charge on any atom is -0.494 e. The molecule has 1 aliphatic rings. The topological polar surface area (TPSA) is 129 Å². The largest absolute Gasteiger partial charge is 0.494 e. The number of hydrogen-bond acceptors (Lipinski definition) is 7. The molecule has 0 atom stereocenters. The highest BCUT2D eigenvalue weighted by atomic mass is 16.7. The fourth-order valence-corrected chi connectivity index (χ4v) is 3.99. The Kier molecular flexibility index (Phi) is 6.72. The van der Waals surface area contributed by atoms with Crippen LogP contribution in [0, 0.1) is 0 Å². The van der Waals surface area contributed by atoms with Crippen molar-refractivity contribution in [2.24, 2.45) is 0 Å². The van der Waals surface area contributed by atoms with Gasteiger partial charge in [-0.25, -0.2) is 4.68 Å². The fourth-order valence-electron chi connectivity index (χ4n) is 3.99. The summed E-state index contributed by atoms with van der Waals surface area (Å²) in [5.74, 6) is -0.383. The maximum Gasteiger partial charge on any atom is 0.328 e. The van der Waals surface area contributed by atoms with E-state index in [9.17, 15) is 14.4 Å². The predicted octanol–water partition coefficient (Wildman–Crippen LogP) is 3.74. The van der Waals surface area contributed by atoms with Crippen LogP contribution in [0.1, 0.15) is 17.4 Å². The van der Waals surface area contributed by atoms with Gasteiger partial charge in [0, 0.05) is 22.8 Å². The van der Waals surface area contributed by atoms with Crippen molar-refractivity contribution in [1.82, 2.24) is 4.68 Å². The summed E-state index contributed by atoms with van der Waals surface area (Å²) >= 11 is 0. The van der Waals surface area contributed by atoms with Crippen LogP contribution in [0.25, 0.3) is 10.9 Å². The number of methoxy groups -OCH3 is 1. The van der Waals surface area contributed by atoms with Crippen LogP contribution in [0.5, 0.6) is 23.0 Å². The van der Waals surface area contributed by atoms with Gasteiger partial charge in [0.25, 0.3) is 5.91 Å². The van der Waals surface area contributed by atoms with Crippen molar-refractivity contribution in [3.63, 3.8) is 0 Å². The smallest absolute Gasteiger partial charge is 0.328 e. The highest BCUT2D eigenvalue weighted by Gasteiger charge is 2.23. The van der Waals surface area contributed by atoms with Crippen molar-refractivity contribution in [1.29, 1.82) is 0 Å². The fraction of sp³-hybridized carbons (Fsp3) is 0.148. The second-order valence-corrected chi connectivity index (χ2v) is 8.14. The van der Waals surface area contributed by atoms with Gasteiger partial charge in [0.2, 0.25) is 6.79 Å². The minimum atomic E-state index is -0.999. The van der Waals surface area contributed by atoms with Crippen LogP contribution in [0.2, 0.25) is 0 Å². The quantitative estimate of drug-likeness (QED) is 0.319. The molecule has 11 heteroatoms. The molecule has 0 bridgehead atoms. The molecule has 3 aromatic carbocycles. The normalized spacial score (nSPS) is 11.6. The van der Waals surface area contributed by atoms with Crippen molar-refractivity contribution in [3.05, 3.63) is 72.4 Å². The summed E-state index contributed by atoms with van der Waals surface area (Å²) in [7, 11) is 1.47. The van der Waals surface area contributed by atoms with E-state index in [1.165, 1.54) is 11.8 Å². The minimum absolute atomic E-state index is 0.0806. The zero-order valence-electron chi connectivity index (χ0n) is 20.6. The molecule has 0 unspecified atom stereocenters. The van der Waals surface area contributed by atoms with Crippen molar-refractivity contribution >= 4 is 40.0 Å². The number of nitrogens with zero attached hydrogens (tertiary/aromatic N) is 1. The van der Waals surface area contributed by atoms with Crippen LogP contribution in [-0.4, -0.2) is 42.9 Å². The second-order valence-electron chi connectivity index (χ2n) is 8.14.